The SMILES string of the molecule is CCc1nccn1-c1nc(NC)nc(N2CCOCC2)n1. The average Bonchev–Trinajstić information content (AvgIpc) is 3.04. The fraction of sp³-hybridized carbons (Fsp3) is 0.538. The van der Waals surface area contributed by atoms with Gasteiger partial charge in [-0.15, -0.1) is 0 Å². The van der Waals surface area contributed by atoms with Crippen molar-refractivity contribution in [3.63, 3.8) is 0 Å². The fourth-order valence-electron chi connectivity index (χ4n) is 2.26. The van der Waals surface area contributed by atoms with Gasteiger partial charge in [0.05, 0.1) is 13.2 Å². The van der Waals surface area contributed by atoms with Crippen LogP contribution in [0.3, 0.4) is 0 Å². The molecule has 3 rings (SSSR count). The molecule has 0 spiro atoms. The first-order chi connectivity index (χ1) is 10.3. The first-order valence-corrected chi connectivity index (χ1v) is 7.11. The van der Waals surface area contributed by atoms with Crippen LogP contribution in [0.2, 0.25) is 0 Å². The molecule has 0 bridgehead atoms. The lowest BCUT2D eigenvalue weighted by Crippen LogP contribution is -2.37. The number of aromatic nitrogens is 5. The molecule has 1 fully saturated rings. The van der Waals surface area contributed by atoms with E-state index in [1.54, 1.807) is 13.2 Å². The Balaban J connectivity index is 2.00. The molecule has 2 aromatic rings. The minimum absolute atomic E-state index is 0.553. The molecule has 8 heteroatoms. The van der Waals surface area contributed by atoms with Crippen LogP contribution in [0, 0.1) is 0 Å². The summed E-state index contributed by atoms with van der Waals surface area (Å²) in [5, 5.41) is 2.99. The third kappa shape index (κ3) is 2.80. The Kier molecular flexibility index (Phi) is 3.96. The van der Waals surface area contributed by atoms with Crippen molar-refractivity contribution in [1.29, 1.82) is 0 Å². The zero-order chi connectivity index (χ0) is 14.7. The number of hydrogen-bond acceptors (Lipinski definition) is 7. The van der Waals surface area contributed by atoms with Gasteiger partial charge in [0, 0.05) is 39.0 Å². The van der Waals surface area contributed by atoms with Gasteiger partial charge < -0.3 is 15.0 Å². The summed E-state index contributed by atoms with van der Waals surface area (Å²) in [4.78, 5) is 19.9. The summed E-state index contributed by atoms with van der Waals surface area (Å²) in [6.07, 6.45) is 4.45. The van der Waals surface area contributed by atoms with Crippen LogP contribution in [0.25, 0.3) is 5.95 Å². The molecule has 0 aromatic carbocycles. The summed E-state index contributed by atoms with van der Waals surface area (Å²) in [7, 11) is 1.80. The highest BCUT2D eigenvalue weighted by atomic mass is 16.5. The van der Waals surface area contributed by atoms with E-state index in [-0.39, 0.29) is 0 Å². The number of anilines is 2. The van der Waals surface area contributed by atoms with Crippen molar-refractivity contribution < 1.29 is 4.74 Å². The molecule has 2 aromatic heterocycles. The molecule has 0 aliphatic carbocycles. The number of morpholine rings is 1. The van der Waals surface area contributed by atoms with E-state index in [1.807, 2.05) is 10.8 Å². The van der Waals surface area contributed by atoms with Crippen LogP contribution in [0.1, 0.15) is 12.7 Å². The van der Waals surface area contributed by atoms with E-state index in [4.69, 9.17) is 4.74 Å². The first kappa shape index (κ1) is 13.7. The Morgan fingerprint density at radius 1 is 1.19 bits per heavy atom. The fourth-order valence-corrected chi connectivity index (χ4v) is 2.26. The van der Waals surface area contributed by atoms with Crippen LogP contribution in [-0.4, -0.2) is 57.9 Å². The van der Waals surface area contributed by atoms with Gasteiger partial charge in [0.15, 0.2) is 0 Å². The van der Waals surface area contributed by atoms with Gasteiger partial charge in [-0.25, -0.2) is 4.98 Å². The molecule has 112 valence electrons. The topological polar surface area (TPSA) is 81.0 Å². The molecule has 8 nitrogen and oxygen atoms in total. The van der Waals surface area contributed by atoms with E-state index in [0.717, 1.165) is 25.3 Å². The Morgan fingerprint density at radius 2 is 1.95 bits per heavy atom. The Morgan fingerprint density at radius 3 is 2.67 bits per heavy atom. The van der Waals surface area contributed by atoms with Crippen LogP contribution < -0.4 is 10.2 Å². The van der Waals surface area contributed by atoms with E-state index < -0.39 is 0 Å². The highest BCUT2D eigenvalue weighted by Crippen LogP contribution is 2.15. The van der Waals surface area contributed by atoms with Crippen molar-refractivity contribution >= 4 is 11.9 Å². The summed E-state index contributed by atoms with van der Waals surface area (Å²) in [5.74, 6) is 2.74. The van der Waals surface area contributed by atoms with E-state index in [9.17, 15) is 0 Å². The molecule has 1 aliphatic heterocycles. The summed E-state index contributed by atoms with van der Waals surface area (Å²) in [5.41, 5.74) is 0. The Labute approximate surface area is 123 Å². The number of imidazole rings is 1. The van der Waals surface area contributed by atoms with Crippen molar-refractivity contribution in [2.45, 2.75) is 13.3 Å². The molecule has 3 heterocycles. The van der Waals surface area contributed by atoms with Gasteiger partial charge in [0.2, 0.25) is 17.8 Å². The van der Waals surface area contributed by atoms with Crippen molar-refractivity contribution in [3.05, 3.63) is 18.2 Å². The quantitative estimate of drug-likeness (QED) is 0.877. The highest BCUT2D eigenvalue weighted by Gasteiger charge is 2.17. The minimum Gasteiger partial charge on any atom is -0.378 e. The number of aryl methyl sites for hydroxylation is 1. The van der Waals surface area contributed by atoms with Gasteiger partial charge in [-0.2, -0.15) is 15.0 Å². The maximum atomic E-state index is 5.37. The minimum atomic E-state index is 0.553. The maximum Gasteiger partial charge on any atom is 0.241 e. The third-order valence-electron chi connectivity index (χ3n) is 3.38. The number of nitrogens with zero attached hydrogens (tertiary/aromatic N) is 6. The second-order valence-corrected chi connectivity index (χ2v) is 4.68. The Hall–Kier alpha value is -2.22. The molecule has 0 atom stereocenters. The second kappa shape index (κ2) is 6.04. The van der Waals surface area contributed by atoms with Crippen LogP contribution in [0.5, 0.6) is 0 Å². The predicted molar refractivity (Wildman–Crippen MR) is 78.9 cm³/mol. The summed E-state index contributed by atoms with van der Waals surface area (Å²) in [6, 6.07) is 0. The number of ether oxygens (including phenoxy) is 1. The molecule has 1 aliphatic rings. The Bertz CT molecular complexity index is 606. The maximum absolute atomic E-state index is 5.37. The monoisotopic (exact) mass is 289 g/mol. The molecule has 0 radical (unpaired) electrons. The van der Waals surface area contributed by atoms with E-state index >= 15 is 0 Å². The van der Waals surface area contributed by atoms with Crippen molar-refractivity contribution in [2.75, 3.05) is 43.6 Å². The molecule has 0 saturated carbocycles. The smallest absolute Gasteiger partial charge is 0.241 e. The molecular formula is C13H19N7O. The third-order valence-corrected chi connectivity index (χ3v) is 3.38. The van der Waals surface area contributed by atoms with Crippen molar-refractivity contribution in [3.8, 4) is 5.95 Å². The molecule has 0 unspecified atom stereocenters. The van der Waals surface area contributed by atoms with Gasteiger partial charge in [0.1, 0.15) is 5.82 Å². The number of rotatable bonds is 4. The van der Waals surface area contributed by atoms with Crippen LogP contribution in [-0.2, 0) is 11.2 Å². The van der Waals surface area contributed by atoms with Crippen LogP contribution >= 0.6 is 0 Å². The second-order valence-electron chi connectivity index (χ2n) is 4.68. The highest BCUT2D eigenvalue weighted by molar-refractivity contribution is 5.40. The average molecular weight is 289 g/mol. The standard InChI is InChI=1S/C13H19N7O/c1-3-10-15-4-5-20(10)13-17-11(14-2)16-12(18-13)19-6-8-21-9-7-19/h4-5H,3,6-9H2,1-2H3,(H,14,16,17,18). The lowest BCUT2D eigenvalue weighted by molar-refractivity contribution is 0.122. The molecule has 1 saturated heterocycles. The lowest BCUT2D eigenvalue weighted by Gasteiger charge is -2.27. The van der Waals surface area contributed by atoms with E-state index in [2.05, 4.69) is 37.1 Å². The largest absolute Gasteiger partial charge is 0.378 e. The predicted octanol–water partition coefficient (Wildman–Crippen LogP) is 0.498. The lowest BCUT2D eigenvalue weighted by atomic mass is 10.4. The van der Waals surface area contributed by atoms with E-state index in [0.29, 0.717) is 31.1 Å². The zero-order valence-electron chi connectivity index (χ0n) is 12.3. The molecular weight excluding hydrogens is 270 g/mol. The zero-order valence-corrected chi connectivity index (χ0v) is 12.3. The van der Waals surface area contributed by atoms with Gasteiger partial charge in [-0.1, -0.05) is 6.92 Å². The number of hydrogen-bond donors (Lipinski definition) is 1. The summed E-state index contributed by atoms with van der Waals surface area (Å²) >= 11 is 0. The molecule has 1 N–H and O–H groups in total. The summed E-state index contributed by atoms with van der Waals surface area (Å²) in [6.45, 7) is 5.03. The van der Waals surface area contributed by atoms with Crippen molar-refractivity contribution in [2.24, 2.45) is 0 Å². The van der Waals surface area contributed by atoms with Gasteiger partial charge in [-0.3, -0.25) is 4.57 Å². The summed E-state index contributed by atoms with van der Waals surface area (Å²) < 4.78 is 7.27. The van der Waals surface area contributed by atoms with Crippen LogP contribution in [0.15, 0.2) is 12.4 Å². The number of nitrogens with one attached hydrogen (secondary N) is 1. The van der Waals surface area contributed by atoms with Gasteiger partial charge in [0.25, 0.3) is 0 Å². The molecule has 21 heavy (non-hydrogen) atoms. The van der Waals surface area contributed by atoms with Crippen LogP contribution in [0.4, 0.5) is 11.9 Å². The first-order valence-electron chi connectivity index (χ1n) is 7.11. The normalized spacial score (nSPS) is 15.2. The van der Waals surface area contributed by atoms with E-state index in [1.165, 1.54) is 0 Å². The van der Waals surface area contributed by atoms with Gasteiger partial charge >= 0.3 is 0 Å². The van der Waals surface area contributed by atoms with Crippen molar-refractivity contribution in [1.82, 2.24) is 24.5 Å². The molecule has 0 amide bonds. The van der Waals surface area contributed by atoms with Gasteiger partial charge in [-0.05, 0) is 0 Å².